The molecule has 1 N–H and O–H groups in total. The lowest BCUT2D eigenvalue weighted by atomic mass is 10.0. The van der Waals surface area contributed by atoms with Gasteiger partial charge in [-0.15, -0.1) is 11.3 Å². The maximum absolute atomic E-state index is 6.02. The van der Waals surface area contributed by atoms with Crippen molar-refractivity contribution in [1.82, 2.24) is 15.5 Å². The van der Waals surface area contributed by atoms with Crippen LogP contribution in [0.1, 0.15) is 34.8 Å². The van der Waals surface area contributed by atoms with Crippen LogP contribution in [0.2, 0.25) is 4.34 Å². The highest BCUT2D eigenvalue weighted by Gasteiger charge is 2.18. The molecule has 2 heterocycles. The Labute approximate surface area is 116 Å². The van der Waals surface area contributed by atoms with Crippen LogP contribution in [0.3, 0.4) is 0 Å². The van der Waals surface area contributed by atoms with Gasteiger partial charge in [-0.1, -0.05) is 18.5 Å². The van der Waals surface area contributed by atoms with E-state index >= 15 is 0 Å². The Bertz CT molecular complexity index is 539. The third-order valence-corrected chi connectivity index (χ3v) is 4.14. The SMILES string of the molecule is CCc1nnc(C)cc1C(NC)c1ccc(Cl)s1. The van der Waals surface area contributed by atoms with Crippen molar-refractivity contribution >= 4 is 22.9 Å². The zero-order chi connectivity index (χ0) is 13.1. The first-order valence-corrected chi connectivity index (χ1v) is 7.10. The van der Waals surface area contributed by atoms with Crippen LogP contribution in [0.5, 0.6) is 0 Å². The van der Waals surface area contributed by atoms with Crippen molar-refractivity contribution in [2.75, 3.05) is 7.05 Å². The summed E-state index contributed by atoms with van der Waals surface area (Å²) in [6, 6.07) is 6.22. The summed E-state index contributed by atoms with van der Waals surface area (Å²) in [5, 5.41) is 11.7. The minimum absolute atomic E-state index is 0.131. The summed E-state index contributed by atoms with van der Waals surface area (Å²) in [4.78, 5) is 1.20. The maximum atomic E-state index is 6.02. The van der Waals surface area contributed by atoms with E-state index < -0.39 is 0 Å². The molecule has 0 bridgehead atoms. The molecule has 0 saturated carbocycles. The second-order valence-corrected chi connectivity index (χ2v) is 5.85. The van der Waals surface area contributed by atoms with Gasteiger partial charge in [0.05, 0.1) is 21.8 Å². The molecule has 0 aliphatic rings. The van der Waals surface area contributed by atoms with E-state index in [-0.39, 0.29) is 6.04 Å². The molecule has 1 unspecified atom stereocenters. The van der Waals surface area contributed by atoms with E-state index in [2.05, 4.69) is 34.6 Å². The molecule has 1 atom stereocenters. The second kappa shape index (κ2) is 5.78. The Morgan fingerprint density at radius 3 is 2.72 bits per heavy atom. The molecule has 3 nitrogen and oxygen atoms in total. The number of aromatic nitrogens is 2. The molecule has 0 aliphatic carbocycles. The number of thiophene rings is 1. The summed E-state index contributed by atoms with van der Waals surface area (Å²) in [6.07, 6.45) is 0.875. The van der Waals surface area contributed by atoms with E-state index in [1.165, 1.54) is 10.4 Å². The Balaban J connectivity index is 2.47. The minimum Gasteiger partial charge on any atom is -0.309 e. The quantitative estimate of drug-likeness (QED) is 0.934. The van der Waals surface area contributed by atoms with E-state index in [0.29, 0.717) is 0 Å². The summed E-state index contributed by atoms with van der Waals surface area (Å²) in [5.74, 6) is 0. The molecule has 0 fully saturated rings. The first-order valence-electron chi connectivity index (χ1n) is 5.91. The molecular weight excluding hydrogens is 266 g/mol. The lowest BCUT2D eigenvalue weighted by Crippen LogP contribution is -2.19. The van der Waals surface area contributed by atoms with Crippen LogP contribution >= 0.6 is 22.9 Å². The number of nitrogens with one attached hydrogen (secondary N) is 1. The van der Waals surface area contributed by atoms with Crippen LogP contribution < -0.4 is 5.32 Å². The molecular formula is C13H16ClN3S. The van der Waals surface area contributed by atoms with Crippen LogP contribution in [0.25, 0.3) is 0 Å². The molecule has 5 heteroatoms. The molecule has 2 aromatic rings. The normalized spacial score (nSPS) is 12.7. The van der Waals surface area contributed by atoms with Crippen LogP contribution in [-0.4, -0.2) is 17.2 Å². The van der Waals surface area contributed by atoms with E-state index in [4.69, 9.17) is 11.6 Å². The molecule has 2 aromatic heterocycles. The highest BCUT2D eigenvalue weighted by molar-refractivity contribution is 7.16. The van der Waals surface area contributed by atoms with Crippen LogP contribution in [0.4, 0.5) is 0 Å². The predicted molar refractivity (Wildman–Crippen MR) is 76.4 cm³/mol. The summed E-state index contributed by atoms with van der Waals surface area (Å²) >= 11 is 7.61. The van der Waals surface area contributed by atoms with Gasteiger partial charge >= 0.3 is 0 Å². The standard InChI is InChI=1S/C13H16ClN3S/c1-4-10-9(7-8(2)16-17-10)13(15-3)11-5-6-12(14)18-11/h5-7,13,15H,4H2,1-3H3. The maximum Gasteiger partial charge on any atom is 0.0931 e. The molecule has 0 radical (unpaired) electrons. The Morgan fingerprint density at radius 2 is 2.17 bits per heavy atom. The van der Waals surface area contributed by atoms with Crippen molar-refractivity contribution in [3.8, 4) is 0 Å². The van der Waals surface area contributed by atoms with Gasteiger partial charge in [0.1, 0.15) is 0 Å². The van der Waals surface area contributed by atoms with E-state index in [1.807, 2.05) is 20.0 Å². The lowest BCUT2D eigenvalue weighted by Gasteiger charge is -2.17. The molecule has 0 saturated heterocycles. The smallest absolute Gasteiger partial charge is 0.0931 e. The number of hydrogen-bond acceptors (Lipinski definition) is 4. The fourth-order valence-corrected chi connectivity index (χ4v) is 3.18. The third kappa shape index (κ3) is 2.71. The second-order valence-electron chi connectivity index (χ2n) is 4.10. The highest BCUT2D eigenvalue weighted by Crippen LogP contribution is 2.32. The molecule has 0 spiro atoms. The summed E-state index contributed by atoms with van der Waals surface area (Å²) in [6.45, 7) is 4.06. The van der Waals surface area contributed by atoms with Crippen molar-refractivity contribution in [3.05, 3.63) is 44.4 Å². The average molecular weight is 282 g/mol. The summed E-state index contributed by atoms with van der Waals surface area (Å²) in [7, 11) is 1.95. The number of hydrogen-bond donors (Lipinski definition) is 1. The average Bonchev–Trinajstić information content (AvgIpc) is 2.77. The van der Waals surface area contributed by atoms with Crippen molar-refractivity contribution < 1.29 is 0 Å². The van der Waals surface area contributed by atoms with Crippen molar-refractivity contribution in [3.63, 3.8) is 0 Å². The molecule has 0 aromatic carbocycles. The van der Waals surface area contributed by atoms with Crippen molar-refractivity contribution in [1.29, 1.82) is 0 Å². The van der Waals surface area contributed by atoms with Crippen molar-refractivity contribution in [2.24, 2.45) is 0 Å². The van der Waals surface area contributed by atoms with E-state index in [9.17, 15) is 0 Å². The van der Waals surface area contributed by atoms with Gasteiger partial charge in [-0.2, -0.15) is 10.2 Å². The predicted octanol–water partition coefficient (Wildman–Crippen LogP) is 3.37. The monoisotopic (exact) mass is 281 g/mol. The highest BCUT2D eigenvalue weighted by atomic mass is 35.5. The van der Waals surface area contributed by atoms with Gasteiger partial charge in [-0.3, -0.25) is 0 Å². The van der Waals surface area contributed by atoms with Gasteiger partial charge < -0.3 is 5.32 Å². The number of halogens is 1. The fourth-order valence-electron chi connectivity index (χ4n) is 1.99. The summed E-state index contributed by atoms with van der Waals surface area (Å²) in [5.41, 5.74) is 3.15. The van der Waals surface area contributed by atoms with Gasteiger partial charge in [-0.25, -0.2) is 0 Å². The Morgan fingerprint density at radius 1 is 1.39 bits per heavy atom. The van der Waals surface area contributed by atoms with E-state index in [1.54, 1.807) is 11.3 Å². The Hall–Kier alpha value is -0.970. The molecule has 0 aliphatic heterocycles. The largest absolute Gasteiger partial charge is 0.309 e. The molecule has 18 heavy (non-hydrogen) atoms. The number of nitrogens with zero attached hydrogens (tertiary/aromatic N) is 2. The van der Waals surface area contributed by atoms with Crippen LogP contribution in [-0.2, 0) is 6.42 Å². The van der Waals surface area contributed by atoms with Gasteiger partial charge in [0.15, 0.2) is 0 Å². The van der Waals surface area contributed by atoms with Crippen LogP contribution in [0.15, 0.2) is 18.2 Å². The number of rotatable bonds is 4. The first-order chi connectivity index (χ1) is 8.65. The van der Waals surface area contributed by atoms with E-state index in [0.717, 1.165) is 22.1 Å². The Kier molecular flexibility index (Phi) is 4.32. The van der Waals surface area contributed by atoms with Crippen LogP contribution in [0, 0.1) is 6.92 Å². The van der Waals surface area contributed by atoms with Gasteiger partial charge in [-0.05, 0) is 44.2 Å². The zero-order valence-electron chi connectivity index (χ0n) is 10.7. The zero-order valence-corrected chi connectivity index (χ0v) is 12.3. The van der Waals surface area contributed by atoms with Gasteiger partial charge in [0.25, 0.3) is 0 Å². The van der Waals surface area contributed by atoms with Gasteiger partial charge in [0.2, 0.25) is 0 Å². The van der Waals surface area contributed by atoms with Crippen molar-refractivity contribution in [2.45, 2.75) is 26.3 Å². The molecule has 0 amide bonds. The number of aryl methyl sites for hydroxylation is 2. The molecule has 96 valence electrons. The minimum atomic E-state index is 0.131. The first kappa shape index (κ1) is 13.5. The van der Waals surface area contributed by atoms with Gasteiger partial charge in [0, 0.05) is 4.88 Å². The lowest BCUT2D eigenvalue weighted by molar-refractivity contribution is 0.679. The summed E-state index contributed by atoms with van der Waals surface area (Å²) < 4.78 is 0.807. The third-order valence-electron chi connectivity index (χ3n) is 2.84. The molecule has 2 rings (SSSR count). The topological polar surface area (TPSA) is 37.8 Å². The fraction of sp³-hybridized carbons (Fsp3) is 0.385.